The van der Waals surface area contributed by atoms with Gasteiger partial charge in [0.25, 0.3) is 0 Å². The Kier molecular flexibility index (Phi) is 3.08. The predicted molar refractivity (Wildman–Crippen MR) is 62.0 cm³/mol. The molecule has 2 aromatic heterocycles. The highest BCUT2D eigenvalue weighted by molar-refractivity contribution is 7.99. The number of nitrogen functional groups attached to an aromatic ring is 1. The van der Waals surface area contributed by atoms with Crippen LogP contribution in [0.2, 0.25) is 5.02 Å². The zero-order chi connectivity index (χ0) is 10.7. The molecule has 2 rings (SSSR count). The normalized spacial score (nSPS) is 10.2. The van der Waals surface area contributed by atoms with Gasteiger partial charge >= 0.3 is 0 Å². The molecule has 0 unspecified atom stereocenters. The van der Waals surface area contributed by atoms with Crippen molar-refractivity contribution < 1.29 is 0 Å². The number of nitrogens with two attached hydrogens (primary N) is 1. The van der Waals surface area contributed by atoms with Gasteiger partial charge in [-0.2, -0.15) is 0 Å². The van der Waals surface area contributed by atoms with E-state index in [4.69, 9.17) is 17.3 Å². The number of halogens is 1. The lowest BCUT2D eigenvalue weighted by Gasteiger charge is -2.00. The number of aromatic nitrogens is 2. The fourth-order valence-corrected chi connectivity index (χ4v) is 1.88. The molecule has 0 amide bonds. The van der Waals surface area contributed by atoms with Crippen LogP contribution in [0.3, 0.4) is 0 Å². The molecule has 76 valence electrons. The first-order valence-electron chi connectivity index (χ1n) is 4.26. The van der Waals surface area contributed by atoms with Crippen molar-refractivity contribution >= 4 is 29.2 Å². The molecule has 2 aromatic rings. The Bertz CT molecular complexity index is 458. The Balaban J connectivity index is 2.18. The second-order valence-electron chi connectivity index (χ2n) is 2.82. The van der Waals surface area contributed by atoms with E-state index < -0.39 is 0 Å². The average molecular weight is 238 g/mol. The molecule has 0 bridgehead atoms. The van der Waals surface area contributed by atoms with E-state index in [1.54, 1.807) is 18.3 Å². The second-order valence-corrected chi connectivity index (χ2v) is 4.29. The molecular formula is C10H8ClN3S. The van der Waals surface area contributed by atoms with Crippen molar-refractivity contribution in [3.63, 3.8) is 0 Å². The summed E-state index contributed by atoms with van der Waals surface area (Å²) in [4.78, 5) is 8.31. The largest absolute Gasteiger partial charge is 0.384 e. The maximum absolute atomic E-state index is 5.73. The Labute approximate surface area is 96.7 Å². The van der Waals surface area contributed by atoms with E-state index in [2.05, 4.69) is 9.97 Å². The fourth-order valence-electron chi connectivity index (χ4n) is 1.02. The zero-order valence-corrected chi connectivity index (χ0v) is 9.29. The highest BCUT2D eigenvalue weighted by atomic mass is 35.5. The first-order chi connectivity index (χ1) is 7.24. The summed E-state index contributed by atoms with van der Waals surface area (Å²) in [5.74, 6) is 0.508. The average Bonchev–Trinajstić information content (AvgIpc) is 2.22. The molecular weight excluding hydrogens is 230 g/mol. The van der Waals surface area contributed by atoms with Crippen molar-refractivity contribution in [3.05, 3.63) is 41.6 Å². The molecule has 0 saturated carbocycles. The van der Waals surface area contributed by atoms with Gasteiger partial charge < -0.3 is 5.73 Å². The highest BCUT2D eigenvalue weighted by Crippen LogP contribution is 2.25. The molecule has 0 aliphatic heterocycles. The molecule has 2 heterocycles. The maximum Gasteiger partial charge on any atom is 0.124 e. The molecule has 0 aliphatic rings. The van der Waals surface area contributed by atoms with Crippen LogP contribution in [0.5, 0.6) is 0 Å². The van der Waals surface area contributed by atoms with Crippen LogP contribution >= 0.6 is 23.4 Å². The monoisotopic (exact) mass is 237 g/mol. The van der Waals surface area contributed by atoms with Crippen molar-refractivity contribution in [1.29, 1.82) is 0 Å². The lowest BCUT2D eigenvalue weighted by molar-refractivity contribution is 1.10. The minimum Gasteiger partial charge on any atom is -0.384 e. The smallest absolute Gasteiger partial charge is 0.124 e. The summed E-state index contributed by atoms with van der Waals surface area (Å²) < 4.78 is 0. The summed E-state index contributed by atoms with van der Waals surface area (Å²) in [5, 5.41) is 2.29. The summed E-state index contributed by atoms with van der Waals surface area (Å²) in [7, 11) is 0. The fraction of sp³-hybridized carbons (Fsp3) is 0. The first-order valence-corrected chi connectivity index (χ1v) is 5.45. The van der Waals surface area contributed by atoms with Crippen molar-refractivity contribution in [2.24, 2.45) is 0 Å². The van der Waals surface area contributed by atoms with E-state index in [0.717, 1.165) is 10.1 Å². The molecule has 15 heavy (non-hydrogen) atoms. The van der Waals surface area contributed by atoms with E-state index in [1.165, 1.54) is 11.8 Å². The molecule has 0 spiro atoms. The number of rotatable bonds is 2. The van der Waals surface area contributed by atoms with Crippen LogP contribution in [0.1, 0.15) is 0 Å². The topological polar surface area (TPSA) is 51.8 Å². The number of pyridine rings is 2. The van der Waals surface area contributed by atoms with E-state index in [1.807, 2.05) is 18.2 Å². The molecule has 2 N–H and O–H groups in total. The number of hydrogen-bond donors (Lipinski definition) is 1. The van der Waals surface area contributed by atoms with E-state index in [-0.39, 0.29) is 0 Å². The van der Waals surface area contributed by atoms with Crippen molar-refractivity contribution in [1.82, 2.24) is 9.97 Å². The summed E-state index contributed by atoms with van der Waals surface area (Å²) in [5.41, 5.74) is 5.57. The van der Waals surface area contributed by atoms with E-state index in [9.17, 15) is 0 Å². The number of hydrogen-bond acceptors (Lipinski definition) is 4. The first kappa shape index (κ1) is 10.3. The summed E-state index contributed by atoms with van der Waals surface area (Å²) in [6.07, 6.45) is 1.61. The SMILES string of the molecule is Nc1cccc(Sc2ccc(Cl)cn2)n1. The van der Waals surface area contributed by atoms with Gasteiger partial charge in [-0.25, -0.2) is 9.97 Å². The Morgan fingerprint density at radius 2 is 2.00 bits per heavy atom. The zero-order valence-electron chi connectivity index (χ0n) is 7.72. The highest BCUT2D eigenvalue weighted by Gasteiger charge is 2.00. The molecule has 3 nitrogen and oxygen atoms in total. The number of anilines is 1. The van der Waals surface area contributed by atoms with Crippen LogP contribution in [0.15, 0.2) is 46.6 Å². The summed E-state index contributed by atoms with van der Waals surface area (Å²) in [6, 6.07) is 9.14. The molecule has 0 fully saturated rings. The Morgan fingerprint density at radius 1 is 1.13 bits per heavy atom. The predicted octanol–water partition coefficient (Wildman–Crippen LogP) is 2.86. The van der Waals surface area contributed by atoms with Crippen LogP contribution < -0.4 is 5.73 Å². The molecule has 0 aromatic carbocycles. The molecule has 0 saturated heterocycles. The lowest BCUT2D eigenvalue weighted by atomic mass is 10.5. The van der Waals surface area contributed by atoms with Crippen LogP contribution in [0.25, 0.3) is 0 Å². The van der Waals surface area contributed by atoms with Crippen molar-refractivity contribution in [2.45, 2.75) is 10.1 Å². The van der Waals surface area contributed by atoms with Gasteiger partial charge in [0.2, 0.25) is 0 Å². The third-order valence-electron chi connectivity index (χ3n) is 1.65. The van der Waals surface area contributed by atoms with Crippen molar-refractivity contribution in [3.8, 4) is 0 Å². The molecule has 5 heteroatoms. The van der Waals surface area contributed by atoms with E-state index >= 15 is 0 Å². The van der Waals surface area contributed by atoms with Gasteiger partial charge in [-0.05, 0) is 24.3 Å². The van der Waals surface area contributed by atoms with Gasteiger partial charge in [-0.15, -0.1) is 0 Å². The third-order valence-corrected chi connectivity index (χ3v) is 2.77. The Hall–Kier alpha value is -1.26. The maximum atomic E-state index is 5.73. The second kappa shape index (κ2) is 4.51. The minimum absolute atomic E-state index is 0.508. The minimum atomic E-state index is 0.508. The van der Waals surface area contributed by atoms with Crippen molar-refractivity contribution in [2.75, 3.05) is 5.73 Å². The van der Waals surface area contributed by atoms with Gasteiger partial charge in [0.05, 0.1) is 5.02 Å². The third kappa shape index (κ3) is 2.84. The van der Waals surface area contributed by atoms with Gasteiger partial charge in [0.15, 0.2) is 0 Å². The molecule has 0 atom stereocenters. The van der Waals surface area contributed by atoms with Crippen LogP contribution in [-0.2, 0) is 0 Å². The van der Waals surface area contributed by atoms with Crippen LogP contribution in [0, 0.1) is 0 Å². The van der Waals surface area contributed by atoms with Gasteiger partial charge in [0.1, 0.15) is 15.9 Å². The summed E-state index contributed by atoms with van der Waals surface area (Å²) in [6.45, 7) is 0. The lowest BCUT2D eigenvalue weighted by Crippen LogP contribution is -1.90. The van der Waals surface area contributed by atoms with E-state index in [0.29, 0.717) is 10.8 Å². The van der Waals surface area contributed by atoms with Crippen LogP contribution in [0.4, 0.5) is 5.82 Å². The molecule has 0 radical (unpaired) electrons. The Morgan fingerprint density at radius 3 is 2.67 bits per heavy atom. The van der Waals surface area contributed by atoms with Gasteiger partial charge in [0, 0.05) is 6.20 Å². The quantitative estimate of drug-likeness (QED) is 0.873. The number of nitrogens with zero attached hydrogens (tertiary/aromatic N) is 2. The summed E-state index contributed by atoms with van der Waals surface area (Å²) >= 11 is 7.18. The van der Waals surface area contributed by atoms with Gasteiger partial charge in [-0.1, -0.05) is 29.4 Å². The van der Waals surface area contributed by atoms with Gasteiger partial charge in [-0.3, -0.25) is 0 Å². The molecule has 0 aliphatic carbocycles. The standard InChI is InChI=1S/C10H8ClN3S/c11-7-4-5-9(13-6-7)15-10-3-1-2-8(12)14-10/h1-6H,(H2,12,14). The van der Waals surface area contributed by atoms with Crippen LogP contribution in [-0.4, -0.2) is 9.97 Å².